The molecule has 0 heterocycles. The first-order valence-electron chi connectivity index (χ1n) is 1.48. The van der Waals surface area contributed by atoms with Gasteiger partial charge in [-0.1, -0.05) is 0 Å². The fourth-order valence-electron chi connectivity index (χ4n) is 0. The van der Waals surface area contributed by atoms with Gasteiger partial charge in [0.15, 0.2) is 0 Å². The van der Waals surface area contributed by atoms with E-state index in [1.54, 1.807) is 0 Å². The Hall–Kier alpha value is 0.477. The fraction of sp³-hybridized carbons (Fsp3) is 1.00. The molecule has 6 heavy (non-hydrogen) atoms. The zero-order chi connectivity index (χ0) is 5.21. The Morgan fingerprint density at radius 3 is 1.83 bits per heavy atom. The zero-order valence-electron chi connectivity index (χ0n) is 3.31. The van der Waals surface area contributed by atoms with Crippen molar-refractivity contribution in [2.45, 2.75) is 0 Å². The Kier molecular flexibility index (Phi) is 2.12. The second kappa shape index (κ2) is 1.96. The van der Waals surface area contributed by atoms with Crippen LogP contribution in [-0.4, -0.2) is 30.6 Å². The van der Waals surface area contributed by atoms with Crippen LogP contribution in [0, 0.1) is 0 Å². The molecule has 0 atom stereocenters. The summed E-state index contributed by atoms with van der Waals surface area (Å²) in [6.45, 7) is 0. The molecule has 0 aromatic rings. The van der Waals surface area contributed by atoms with Gasteiger partial charge in [0.1, 0.15) is 0 Å². The first kappa shape index (κ1) is 6.48. The molecule has 0 saturated heterocycles. The fourth-order valence-corrected chi connectivity index (χ4v) is 0. The molecule has 0 aromatic heterocycles. The summed E-state index contributed by atoms with van der Waals surface area (Å²) in [4.78, 5) is 0. The molecule has 0 fully saturated rings. The van der Waals surface area contributed by atoms with Crippen LogP contribution in [-0.2, 0) is 10.2 Å². The van der Waals surface area contributed by atoms with Crippen molar-refractivity contribution in [2.75, 3.05) is 4.43 Å². The van der Waals surface area contributed by atoms with Gasteiger partial charge >= 0.3 is 44.7 Å². The number of hydrogen-bond acceptors (Lipinski definition) is 2. The molecule has 0 spiro atoms. The predicted octanol–water partition coefficient (Wildman–Crippen LogP) is -0.588. The Morgan fingerprint density at radius 1 is 1.67 bits per heavy atom. The number of halogens is 1. The molecule has 0 N–H and O–H groups in total. The van der Waals surface area contributed by atoms with Crippen LogP contribution in [0.25, 0.3) is 0 Å². The molecule has 0 radical (unpaired) electrons. The standard InChI is InChI=1S/CH2FO2S.Li/c1-5(2,3)4;/h1H2;. The molecular formula is CH2FLiO2S. The van der Waals surface area contributed by atoms with Crippen LogP contribution in [0.15, 0.2) is 0 Å². The summed E-state index contributed by atoms with van der Waals surface area (Å²) in [5.74, 6) is 0. The van der Waals surface area contributed by atoms with Crippen molar-refractivity contribution >= 4 is 27.9 Å². The average Bonchev–Trinajstić information content (AvgIpc) is 1.35. The summed E-state index contributed by atoms with van der Waals surface area (Å²) in [6, 6.07) is 0. The molecule has 0 saturated carbocycles. The van der Waals surface area contributed by atoms with Crippen molar-refractivity contribution in [3.05, 3.63) is 0 Å². The maximum atomic E-state index is 11.1. The summed E-state index contributed by atoms with van der Waals surface area (Å²) in [6.07, 6.45) is 0. The molecule has 0 aliphatic rings. The molecule has 5 heteroatoms. The molecule has 0 bridgehead atoms. The molecule has 0 aliphatic heterocycles. The Labute approximate surface area is 45.1 Å². The van der Waals surface area contributed by atoms with Crippen LogP contribution in [0.2, 0.25) is 0 Å². The third-order valence-electron chi connectivity index (χ3n) is 0.345. The molecule has 0 aliphatic carbocycles. The summed E-state index contributed by atoms with van der Waals surface area (Å²) in [5, 5.41) is 0. The van der Waals surface area contributed by atoms with Crippen molar-refractivity contribution < 1.29 is 12.3 Å². The molecule has 0 aromatic carbocycles. The van der Waals surface area contributed by atoms with Gasteiger partial charge in [0.25, 0.3) is 0 Å². The molecule has 0 amide bonds. The minimum absolute atomic E-state index is 0.424. The first-order chi connectivity index (χ1) is 2.56. The molecule has 0 unspecified atom stereocenters. The van der Waals surface area contributed by atoms with Gasteiger partial charge in [-0.15, -0.1) is 0 Å². The van der Waals surface area contributed by atoms with Gasteiger partial charge in [-0.2, -0.15) is 0 Å². The van der Waals surface area contributed by atoms with E-state index in [1.165, 1.54) is 17.7 Å². The zero-order valence-corrected chi connectivity index (χ0v) is 4.13. The number of rotatable bonds is 1. The van der Waals surface area contributed by atoms with Crippen LogP contribution >= 0.6 is 0 Å². The molecular weight excluding hydrogens is 102 g/mol. The SMILES string of the molecule is [Li][CH2]S(=O)(=O)F. The van der Waals surface area contributed by atoms with E-state index in [0.717, 1.165) is 0 Å². The van der Waals surface area contributed by atoms with Gasteiger partial charge < -0.3 is 0 Å². The van der Waals surface area contributed by atoms with Crippen LogP contribution in [0.4, 0.5) is 3.89 Å². The Balaban J connectivity index is 3.85. The molecule has 2 nitrogen and oxygen atoms in total. The van der Waals surface area contributed by atoms with E-state index in [0.29, 0.717) is 0 Å². The van der Waals surface area contributed by atoms with Crippen molar-refractivity contribution in [3.63, 3.8) is 0 Å². The van der Waals surface area contributed by atoms with E-state index in [9.17, 15) is 12.3 Å². The van der Waals surface area contributed by atoms with Gasteiger partial charge in [0.05, 0.1) is 0 Å². The maximum absolute atomic E-state index is 11.1. The third-order valence-corrected chi connectivity index (χ3v) is 1.03. The van der Waals surface area contributed by atoms with Crippen molar-refractivity contribution in [1.82, 2.24) is 0 Å². The Morgan fingerprint density at radius 2 is 1.83 bits per heavy atom. The topological polar surface area (TPSA) is 34.1 Å². The van der Waals surface area contributed by atoms with Gasteiger partial charge in [-0.25, -0.2) is 0 Å². The van der Waals surface area contributed by atoms with Gasteiger partial charge in [-0.05, 0) is 0 Å². The van der Waals surface area contributed by atoms with Crippen LogP contribution in [0.5, 0.6) is 0 Å². The third kappa shape index (κ3) is 4.48. The van der Waals surface area contributed by atoms with E-state index in [4.69, 9.17) is 0 Å². The van der Waals surface area contributed by atoms with Crippen LogP contribution in [0.3, 0.4) is 0 Å². The van der Waals surface area contributed by atoms with E-state index in [1.807, 2.05) is 0 Å². The van der Waals surface area contributed by atoms with E-state index >= 15 is 0 Å². The van der Waals surface area contributed by atoms with Gasteiger partial charge in [0, 0.05) is 0 Å². The summed E-state index contributed by atoms with van der Waals surface area (Å²) in [7, 11) is -4.16. The summed E-state index contributed by atoms with van der Waals surface area (Å²) >= 11 is 1.25. The van der Waals surface area contributed by atoms with Crippen LogP contribution in [0.1, 0.15) is 0 Å². The predicted molar refractivity (Wildman–Crippen MR) is 20.6 cm³/mol. The Bertz CT molecular complexity index is 116. The van der Waals surface area contributed by atoms with E-state index < -0.39 is 14.6 Å². The first-order valence-corrected chi connectivity index (χ1v) is 3.04. The normalized spacial score (nSPS) is 11.8. The van der Waals surface area contributed by atoms with E-state index in [-0.39, 0.29) is 0 Å². The molecule has 32 valence electrons. The molecule has 0 rings (SSSR count). The minimum atomic E-state index is -4.16. The summed E-state index contributed by atoms with van der Waals surface area (Å²) < 4.78 is 29.3. The summed E-state index contributed by atoms with van der Waals surface area (Å²) in [5.41, 5.74) is 0. The second-order valence-electron chi connectivity index (χ2n) is 0.828. The van der Waals surface area contributed by atoms with E-state index in [2.05, 4.69) is 0 Å². The van der Waals surface area contributed by atoms with Crippen LogP contribution < -0.4 is 0 Å². The quantitative estimate of drug-likeness (QED) is 0.329. The van der Waals surface area contributed by atoms with Crippen molar-refractivity contribution in [2.24, 2.45) is 0 Å². The van der Waals surface area contributed by atoms with Gasteiger partial charge in [-0.3, -0.25) is 0 Å². The number of hydrogen-bond donors (Lipinski definition) is 0. The average molecular weight is 104 g/mol. The van der Waals surface area contributed by atoms with Crippen molar-refractivity contribution in [1.29, 1.82) is 0 Å². The van der Waals surface area contributed by atoms with Crippen molar-refractivity contribution in [3.8, 4) is 0 Å². The van der Waals surface area contributed by atoms with Gasteiger partial charge in [0.2, 0.25) is 0 Å². The second-order valence-corrected chi connectivity index (χ2v) is 2.48. The monoisotopic (exact) mass is 104 g/mol.